The van der Waals surface area contributed by atoms with E-state index < -0.39 is 0 Å². The number of nitrogens with one attached hydrogen (secondary N) is 2. The summed E-state index contributed by atoms with van der Waals surface area (Å²) in [5.74, 6) is 1.02. The molecule has 0 aliphatic rings. The summed E-state index contributed by atoms with van der Waals surface area (Å²) in [6.07, 6.45) is 0. The predicted molar refractivity (Wildman–Crippen MR) is 77.0 cm³/mol. The Labute approximate surface area is 115 Å². The third-order valence-electron chi connectivity index (χ3n) is 3.04. The van der Waals surface area contributed by atoms with E-state index in [1.807, 2.05) is 36.4 Å². The Morgan fingerprint density at radius 2 is 2.00 bits per heavy atom. The van der Waals surface area contributed by atoms with Crippen molar-refractivity contribution in [1.29, 1.82) is 0 Å². The monoisotopic (exact) mass is 267 g/mol. The molecule has 0 bridgehead atoms. The average molecular weight is 267 g/mol. The van der Waals surface area contributed by atoms with Crippen molar-refractivity contribution in [2.45, 2.75) is 0 Å². The number of aromatic nitrogens is 2. The second-order valence-corrected chi connectivity index (χ2v) is 4.30. The second kappa shape index (κ2) is 5.05. The lowest BCUT2D eigenvalue weighted by Crippen LogP contribution is -2.12. The molecule has 0 saturated heterocycles. The van der Waals surface area contributed by atoms with Gasteiger partial charge in [0.25, 0.3) is 5.91 Å². The van der Waals surface area contributed by atoms with Crippen molar-refractivity contribution >= 4 is 22.6 Å². The van der Waals surface area contributed by atoms with Crippen LogP contribution in [0.25, 0.3) is 10.9 Å². The summed E-state index contributed by atoms with van der Waals surface area (Å²) in [5, 5.41) is 10.6. The molecule has 5 heteroatoms. The van der Waals surface area contributed by atoms with Crippen molar-refractivity contribution in [2.24, 2.45) is 0 Å². The molecule has 0 atom stereocenters. The summed E-state index contributed by atoms with van der Waals surface area (Å²) in [5.41, 5.74) is 1.43. The molecule has 0 radical (unpaired) electrons. The third kappa shape index (κ3) is 2.21. The summed E-state index contributed by atoms with van der Waals surface area (Å²) in [4.78, 5) is 12.1. The SMILES string of the molecule is COc1ccc2[nH]nc(NC(=O)c3ccccc3)c2c1. The molecule has 0 aliphatic heterocycles. The Morgan fingerprint density at radius 1 is 1.20 bits per heavy atom. The van der Waals surface area contributed by atoms with Crippen LogP contribution in [0.4, 0.5) is 5.82 Å². The van der Waals surface area contributed by atoms with Crippen molar-refractivity contribution < 1.29 is 9.53 Å². The predicted octanol–water partition coefficient (Wildman–Crippen LogP) is 2.82. The maximum Gasteiger partial charge on any atom is 0.256 e. The minimum Gasteiger partial charge on any atom is -0.497 e. The molecule has 2 N–H and O–H groups in total. The zero-order valence-corrected chi connectivity index (χ0v) is 10.9. The van der Waals surface area contributed by atoms with Crippen molar-refractivity contribution in [1.82, 2.24) is 10.2 Å². The second-order valence-electron chi connectivity index (χ2n) is 4.30. The molecule has 1 aromatic heterocycles. The van der Waals surface area contributed by atoms with E-state index in [0.717, 1.165) is 10.9 Å². The minimum absolute atomic E-state index is 0.193. The van der Waals surface area contributed by atoms with E-state index in [0.29, 0.717) is 17.1 Å². The number of carbonyl (C=O) groups is 1. The zero-order chi connectivity index (χ0) is 13.9. The molecule has 2 aromatic carbocycles. The van der Waals surface area contributed by atoms with Crippen LogP contribution in [0.1, 0.15) is 10.4 Å². The van der Waals surface area contributed by atoms with Gasteiger partial charge >= 0.3 is 0 Å². The lowest BCUT2D eigenvalue weighted by atomic mass is 10.2. The average Bonchev–Trinajstić information content (AvgIpc) is 2.90. The van der Waals surface area contributed by atoms with Crippen LogP contribution >= 0.6 is 0 Å². The molecule has 100 valence electrons. The van der Waals surface area contributed by atoms with Gasteiger partial charge in [-0.1, -0.05) is 18.2 Å². The minimum atomic E-state index is -0.193. The Kier molecular flexibility index (Phi) is 3.09. The van der Waals surface area contributed by atoms with Gasteiger partial charge in [-0.05, 0) is 30.3 Å². The number of fused-ring (bicyclic) bond motifs is 1. The molecular weight excluding hydrogens is 254 g/mol. The van der Waals surface area contributed by atoms with Crippen LogP contribution in [0, 0.1) is 0 Å². The fourth-order valence-corrected chi connectivity index (χ4v) is 1.98. The van der Waals surface area contributed by atoms with Crippen molar-refractivity contribution in [3.63, 3.8) is 0 Å². The Bertz CT molecular complexity index is 750. The number of hydrogen-bond donors (Lipinski definition) is 2. The van der Waals surface area contributed by atoms with Crippen molar-refractivity contribution in [2.75, 3.05) is 12.4 Å². The number of hydrogen-bond acceptors (Lipinski definition) is 3. The molecule has 0 aliphatic carbocycles. The molecular formula is C15H13N3O2. The largest absolute Gasteiger partial charge is 0.497 e. The van der Waals surface area contributed by atoms with E-state index in [1.54, 1.807) is 19.2 Å². The zero-order valence-electron chi connectivity index (χ0n) is 10.9. The lowest BCUT2D eigenvalue weighted by molar-refractivity contribution is 0.102. The molecule has 20 heavy (non-hydrogen) atoms. The number of ether oxygens (including phenoxy) is 1. The highest BCUT2D eigenvalue weighted by molar-refractivity contribution is 6.07. The first kappa shape index (κ1) is 12.2. The van der Waals surface area contributed by atoms with E-state index in [4.69, 9.17) is 4.74 Å². The molecule has 3 rings (SSSR count). The topological polar surface area (TPSA) is 67.0 Å². The number of amides is 1. The molecule has 3 aromatic rings. The van der Waals surface area contributed by atoms with Crippen LogP contribution in [0.15, 0.2) is 48.5 Å². The van der Waals surface area contributed by atoms with Crippen LogP contribution in [-0.4, -0.2) is 23.2 Å². The maximum absolute atomic E-state index is 12.1. The Hall–Kier alpha value is -2.82. The van der Waals surface area contributed by atoms with Gasteiger partial charge in [-0.2, -0.15) is 5.10 Å². The fraction of sp³-hybridized carbons (Fsp3) is 0.0667. The van der Waals surface area contributed by atoms with Gasteiger partial charge < -0.3 is 10.1 Å². The highest BCUT2D eigenvalue weighted by Crippen LogP contribution is 2.25. The Morgan fingerprint density at radius 3 is 2.75 bits per heavy atom. The summed E-state index contributed by atoms with van der Waals surface area (Å²) in [6.45, 7) is 0. The Balaban J connectivity index is 1.93. The highest BCUT2D eigenvalue weighted by Gasteiger charge is 2.11. The van der Waals surface area contributed by atoms with Crippen LogP contribution in [0.5, 0.6) is 5.75 Å². The molecule has 0 spiro atoms. The summed E-state index contributed by atoms with van der Waals surface area (Å²) in [7, 11) is 1.60. The van der Waals surface area contributed by atoms with Crippen LogP contribution in [-0.2, 0) is 0 Å². The molecule has 1 amide bonds. The number of anilines is 1. The van der Waals surface area contributed by atoms with Gasteiger partial charge in [0.05, 0.1) is 12.6 Å². The number of H-pyrrole nitrogens is 1. The quantitative estimate of drug-likeness (QED) is 0.766. The number of benzene rings is 2. The van der Waals surface area contributed by atoms with Crippen molar-refractivity contribution in [3.05, 3.63) is 54.1 Å². The van der Waals surface area contributed by atoms with Gasteiger partial charge in [-0.3, -0.25) is 9.89 Å². The first-order chi connectivity index (χ1) is 9.78. The van der Waals surface area contributed by atoms with E-state index in [2.05, 4.69) is 15.5 Å². The molecule has 5 nitrogen and oxygen atoms in total. The summed E-state index contributed by atoms with van der Waals surface area (Å²) >= 11 is 0. The van der Waals surface area contributed by atoms with Gasteiger partial charge in [0.1, 0.15) is 5.75 Å². The van der Waals surface area contributed by atoms with Crippen LogP contribution < -0.4 is 10.1 Å². The van der Waals surface area contributed by atoms with Gasteiger partial charge in [0, 0.05) is 10.9 Å². The van der Waals surface area contributed by atoms with Crippen LogP contribution in [0.2, 0.25) is 0 Å². The standard InChI is InChI=1S/C15H13N3O2/c1-20-11-7-8-13-12(9-11)14(18-17-13)16-15(19)10-5-3-2-4-6-10/h2-9H,1H3,(H2,16,17,18,19). The van der Waals surface area contributed by atoms with Gasteiger partial charge in [-0.25, -0.2) is 0 Å². The van der Waals surface area contributed by atoms with Gasteiger partial charge in [-0.15, -0.1) is 0 Å². The molecule has 1 heterocycles. The fourth-order valence-electron chi connectivity index (χ4n) is 1.98. The number of carbonyl (C=O) groups excluding carboxylic acids is 1. The highest BCUT2D eigenvalue weighted by atomic mass is 16.5. The van der Waals surface area contributed by atoms with Gasteiger partial charge in [0.15, 0.2) is 5.82 Å². The van der Waals surface area contributed by atoms with Crippen LogP contribution in [0.3, 0.4) is 0 Å². The first-order valence-electron chi connectivity index (χ1n) is 6.16. The summed E-state index contributed by atoms with van der Waals surface area (Å²) < 4.78 is 5.18. The molecule has 0 saturated carbocycles. The molecule has 0 fully saturated rings. The van der Waals surface area contributed by atoms with E-state index >= 15 is 0 Å². The number of methoxy groups -OCH3 is 1. The third-order valence-corrected chi connectivity index (χ3v) is 3.04. The summed E-state index contributed by atoms with van der Waals surface area (Å²) in [6, 6.07) is 14.5. The number of nitrogens with zero attached hydrogens (tertiary/aromatic N) is 1. The van der Waals surface area contributed by atoms with E-state index in [1.165, 1.54) is 0 Å². The smallest absolute Gasteiger partial charge is 0.256 e. The number of rotatable bonds is 3. The lowest BCUT2D eigenvalue weighted by Gasteiger charge is -2.03. The van der Waals surface area contributed by atoms with E-state index in [-0.39, 0.29) is 5.91 Å². The first-order valence-corrected chi connectivity index (χ1v) is 6.16. The van der Waals surface area contributed by atoms with Crippen molar-refractivity contribution in [3.8, 4) is 5.75 Å². The number of aromatic amines is 1. The van der Waals surface area contributed by atoms with E-state index in [9.17, 15) is 4.79 Å². The maximum atomic E-state index is 12.1. The van der Waals surface area contributed by atoms with Gasteiger partial charge in [0.2, 0.25) is 0 Å². The molecule has 0 unspecified atom stereocenters. The normalized spacial score (nSPS) is 10.4.